The molecular formula is C14H9Cl2F2N5O. The molecule has 24 heavy (non-hydrogen) atoms. The van der Waals surface area contributed by atoms with Crippen molar-refractivity contribution in [3.8, 4) is 11.6 Å². The van der Waals surface area contributed by atoms with E-state index in [1.165, 1.54) is 35.0 Å². The zero-order valence-electron chi connectivity index (χ0n) is 11.9. The molecule has 0 aliphatic rings. The predicted octanol–water partition coefficient (Wildman–Crippen LogP) is 3.88. The van der Waals surface area contributed by atoms with Crippen molar-refractivity contribution in [1.29, 1.82) is 0 Å². The van der Waals surface area contributed by atoms with Crippen molar-refractivity contribution < 1.29 is 13.5 Å². The van der Waals surface area contributed by atoms with Gasteiger partial charge in [-0.15, -0.1) is 15.3 Å². The lowest BCUT2D eigenvalue weighted by molar-refractivity contribution is 0.151. The zero-order valence-corrected chi connectivity index (χ0v) is 13.4. The Morgan fingerprint density at radius 1 is 1.00 bits per heavy atom. The van der Waals surface area contributed by atoms with Crippen LogP contribution in [0.1, 0.15) is 17.7 Å². The minimum atomic E-state index is -2.54. The molecule has 1 aromatic carbocycles. The second-order valence-corrected chi connectivity index (χ2v) is 5.36. The summed E-state index contributed by atoms with van der Waals surface area (Å²) in [7, 11) is 0. The first-order chi connectivity index (χ1) is 11.5. The molecule has 0 saturated carbocycles. The molecule has 124 valence electrons. The molecule has 0 fully saturated rings. The number of benzene rings is 1. The van der Waals surface area contributed by atoms with E-state index >= 15 is 0 Å². The van der Waals surface area contributed by atoms with Crippen LogP contribution in [0.15, 0.2) is 36.4 Å². The Bertz CT molecular complexity index is 824. The lowest BCUT2D eigenvalue weighted by atomic mass is 10.2. The van der Waals surface area contributed by atoms with E-state index < -0.39 is 6.43 Å². The Hall–Kier alpha value is -2.32. The minimum Gasteiger partial charge on any atom is -0.470 e. The van der Waals surface area contributed by atoms with Crippen LogP contribution in [0, 0.1) is 0 Å². The third-order valence-corrected chi connectivity index (χ3v) is 3.57. The number of hydrogen-bond donors (Lipinski definition) is 0. The first-order valence-corrected chi connectivity index (χ1v) is 7.41. The average molecular weight is 372 g/mol. The quantitative estimate of drug-likeness (QED) is 0.680. The lowest BCUT2D eigenvalue weighted by Gasteiger charge is -2.08. The number of aromatic nitrogens is 5. The van der Waals surface area contributed by atoms with Crippen LogP contribution < -0.4 is 4.74 Å². The summed E-state index contributed by atoms with van der Waals surface area (Å²) in [5, 5.41) is 15.5. The third-order valence-electron chi connectivity index (χ3n) is 3.07. The highest BCUT2D eigenvalue weighted by atomic mass is 35.5. The Labute approximate surface area is 145 Å². The van der Waals surface area contributed by atoms with Gasteiger partial charge in [0.1, 0.15) is 12.3 Å². The highest BCUT2D eigenvalue weighted by molar-refractivity contribution is 6.30. The van der Waals surface area contributed by atoms with Crippen molar-refractivity contribution in [2.75, 3.05) is 0 Å². The molecule has 6 nitrogen and oxygen atoms in total. The summed E-state index contributed by atoms with van der Waals surface area (Å²) in [5.74, 6) is 0.247. The molecular weight excluding hydrogens is 363 g/mol. The van der Waals surface area contributed by atoms with Crippen LogP contribution in [0.5, 0.6) is 5.88 Å². The number of rotatable bonds is 5. The fourth-order valence-electron chi connectivity index (χ4n) is 1.90. The number of ether oxygens (including phenoxy) is 1. The topological polar surface area (TPSA) is 65.7 Å². The molecule has 3 rings (SSSR count). The molecule has 2 aromatic heterocycles. The van der Waals surface area contributed by atoms with Crippen LogP contribution >= 0.6 is 23.2 Å². The van der Waals surface area contributed by atoms with E-state index in [4.69, 9.17) is 27.9 Å². The summed E-state index contributed by atoms with van der Waals surface area (Å²) in [6.07, 6.45) is -2.54. The Kier molecular flexibility index (Phi) is 4.86. The van der Waals surface area contributed by atoms with Gasteiger partial charge in [0, 0.05) is 11.6 Å². The van der Waals surface area contributed by atoms with Crippen molar-refractivity contribution >= 4 is 23.2 Å². The van der Waals surface area contributed by atoms with Crippen LogP contribution in [0.3, 0.4) is 0 Å². The van der Waals surface area contributed by atoms with Crippen LogP contribution in [-0.2, 0) is 6.61 Å². The number of halogens is 4. The molecule has 0 aliphatic heterocycles. The maximum Gasteiger partial charge on any atom is 0.263 e. The Morgan fingerprint density at radius 3 is 2.38 bits per heavy atom. The molecule has 0 saturated heterocycles. The van der Waals surface area contributed by atoms with Gasteiger partial charge in [-0.05, 0) is 18.2 Å². The summed E-state index contributed by atoms with van der Waals surface area (Å²) in [4.78, 5) is 0. The maximum atomic E-state index is 12.6. The second kappa shape index (κ2) is 7.06. The van der Waals surface area contributed by atoms with Gasteiger partial charge in [0.25, 0.3) is 6.43 Å². The van der Waals surface area contributed by atoms with Crippen LogP contribution in [0.25, 0.3) is 5.69 Å². The first kappa shape index (κ1) is 16.5. The van der Waals surface area contributed by atoms with Gasteiger partial charge in [-0.3, -0.25) is 0 Å². The predicted molar refractivity (Wildman–Crippen MR) is 82.7 cm³/mol. The van der Waals surface area contributed by atoms with E-state index in [0.717, 1.165) is 0 Å². The van der Waals surface area contributed by atoms with E-state index in [2.05, 4.69) is 20.5 Å². The standard InChI is InChI=1S/C14H9Cl2F2N5O/c15-11-5-6-12(20-19-11)24-7-10-13(16)21-22-23(10)9-3-1-8(2-4-9)14(17)18/h1-6,14H,7H2. The molecule has 0 spiro atoms. The zero-order chi connectivity index (χ0) is 17.1. The van der Waals surface area contributed by atoms with Gasteiger partial charge in [0.2, 0.25) is 5.88 Å². The molecule has 10 heteroatoms. The van der Waals surface area contributed by atoms with Crippen molar-refractivity contribution in [2.24, 2.45) is 0 Å². The van der Waals surface area contributed by atoms with Gasteiger partial charge >= 0.3 is 0 Å². The molecule has 0 atom stereocenters. The summed E-state index contributed by atoms with van der Waals surface area (Å²) < 4.78 is 32.1. The highest BCUT2D eigenvalue weighted by Crippen LogP contribution is 2.23. The van der Waals surface area contributed by atoms with Gasteiger partial charge in [0.05, 0.1) is 5.69 Å². The van der Waals surface area contributed by atoms with Crippen molar-refractivity contribution in [1.82, 2.24) is 25.2 Å². The van der Waals surface area contributed by atoms with Crippen LogP contribution in [0.4, 0.5) is 8.78 Å². The Balaban J connectivity index is 1.81. The molecule has 0 radical (unpaired) electrons. The monoisotopic (exact) mass is 371 g/mol. The third kappa shape index (κ3) is 3.60. The lowest BCUT2D eigenvalue weighted by Crippen LogP contribution is -2.07. The normalized spacial score (nSPS) is 11.0. The van der Waals surface area contributed by atoms with Crippen LogP contribution in [-0.4, -0.2) is 25.2 Å². The van der Waals surface area contributed by atoms with Gasteiger partial charge in [-0.25, -0.2) is 13.5 Å². The molecule has 0 bridgehead atoms. The van der Waals surface area contributed by atoms with Gasteiger partial charge < -0.3 is 4.74 Å². The number of alkyl halides is 2. The smallest absolute Gasteiger partial charge is 0.263 e. The number of hydrogen-bond acceptors (Lipinski definition) is 5. The highest BCUT2D eigenvalue weighted by Gasteiger charge is 2.15. The van der Waals surface area contributed by atoms with Crippen molar-refractivity contribution in [3.63, 3.8) is 0 Å². The van der Waals surface area contributed by atoms with E-state index in [0.29, 0.717) is 11.4 Å². The molecule has 2 heterocycles. The average Bonchev–Trinajstić information content (AvgIpc) is 2.95. The van der Waals surface area contributed by atoms with E-state index in [9.17, 15) is 8.78 Å². The fourth-order valence-corrected chi connectivity index (χ4v) is 2.16. The number of nitrogens with zero attached hydrogens (tertiary/aromatic N) is 5. The van der Waals surface area contributed by atoms with Gasteiger partial charge in [0.15, 0.2) is 10.3 Å². The minimum absolute atomic E-state index is 0.0126. The van der Waals surface area contributed by atoms with Gasteiger partial charge in [-0.2, -0.15) is 0 Å². The second-order valence-electron chi connectivity index (χ2n) is 4.61. The Morgan fingerprint density at radius 2 is 1.75 bits per heavy atom. The fraction of sp³-hybridized carbons (Fsp3) is 0.143. The van der Waals surface area contributed by atoms with Gasteiger partial charge in [-0.1, -0.05) is 40.5 Å². The summed E-state index contributed by atoms with van der Waals surface area (Å²) in [6.45, 7) is 0.0126. The molecule has 0 amide bonds. The molecule has 0 unspecified atom stereocenters. The largest absolute Gasteiger partial charge is 0.470 e. The first-order valence-electron chi connectivity index (χ1n) is 6.65. The maximum absolute atomic E-state index is 12.6. The van der Waals surface area contributed by atoms with E-state index in [1.807, 2.05) is 0 Å². The van der Waals surface area contributed by atoms with Crippen molar-refractivity contribution in [2.45, 2.75) is 13.0 Å². The summed E-state index contributed by atoms with van der Waals surface area (Å²) in [5.41, 5.74) is 0.886. The summed E-state index contributed by atoms with van der Waals surface area (Å²) >= 11 is 11.7. The van der Waals surface area contributed by atoms with Crippen molar-refractivity contribution in [3.05, 3.63) is 58.0 Å². The van der Waals surface area contributed by atoms with E-state index in [-0.39, 0.29) is 28.4 Å². The summed E-state index contributed by atoms with van der Waals surface area (Å²) in [6, 6.07) is 8.70. The van der Waals surface area contributed by atoms with E-state index in [1.54, 1.807) is 6.07 Å². The molecule has 0 aliphatic carbocycles. The van der Waals surface area contributed by atoms with Crippen LogP contribution in [0.2, 0.25) is 10.3 Å². The SMILES string of the molecule is FC(F)c1ccc(-n2nnc(Cl)c2COc2ccc(Cl)nn2)cc1. The molecule has 3 aromatic rings. The molecule has 0 N–H and O–H groups in total.